The Morgan fingerprint density at radius 3 is 2.73 bits per heavy atom. The number of anilines is 3. The molecule has 2 aromatic rings. The number of nitrogens with one attached hydrogen (secondary N) is 2. The van der Waals surface area contributed by atoms with E-state index < -0.39 is 0 Å². The van der Waals surface area contributed by atoms with Gasteiger partial charge < -0.3 is 15.4 Å². The summed E-state index contributed by atoms with van der Waals surface area (Å²) in [5.74, 6) is 1.46. The number of amides is 1. The molecule has 0 fully saturated rings. The molecule has 1 heterocycles. The van der Waals surface area contributed by atoms with Gasteiger partial charge in [-0.15, -0.1) is 0 Å². The van der Waals surface area contributed by atoms with Gasteiger partial charge in [0.15, 0.2) is 0 Å². The van der Waals surface area contributed by atoms with E-state index in [1.54, 1.807) is 13.3 Å². The Morgan fingerprint density at radius 1 is 1.23 bits per heavy atom. The lowest BCUT2D eigenvalue weighted by molar-refractivity contribution is -0.116. The van der Waals surface area contributed by atoms with Crippen molar-refractivity contribution in [1.82, 2.24) is 4.98 Å². The van der Waals surface area contributed by atoms with Crippen LogP contribution >= 0.6 is 0 Å². The minimum atomic E-state index is 0.0223. The molecule has 2 rings (SSSR count). The van der Waals surface area contributed by atoms with Crippen molar-refractivity contribution in [1.29, 1.82) is 0 Å². The maximum atomic E-state index is 11.7. The number of carbonyl (C=O) groups excluding carboxylic acids is 1. The van der Waals surface area contributed by atoms with E-state index in [9.17, 15) is 4.79 Å². The van der Waals surface area contributed by atoms with Gasteiger partial charge in [0.1, 0.15) is 11.6 Å². The number of unbranched alkanes of at least 4 members (excludes halogenated alkanes) is 1. The number of methoxy groups -OCH3 is 1. The van der Waals surface area contributed by atoms with Crippen LogP contribution in [0.3, 0.4) is 0 Å². The van der Waals surface area contributed by atoms with Crippen LogP contribution in [0.4, 0.5) is 17.2 Å². The van der Waals surface area contributed by atoms with E-state index in [0.717, 1.165) is 24.3 Å². The van der Waals surface area contributed by atoms with E-state index >= 15 is 0 Å². The molecular weight excluding hydrogens is 278 g/mol. The molecule has 1 aromatic heterocycles. The summed E-state index contributed by atoms with van der Waals surface area (Å²) in [5, 5.41) is 6.03. The van der Waals surface area contributed by atoms with Crippen LogP contribution in [0.1, 0.15) is 26.2 Å². The molecule has 0 aliphatic carbocycles. The minimum Gasteiger partial charge on any atom is -0.495 e. The van der Waals surface area contributed by atoms with Crippen LogP contribution in [0.5, 0.6) is 5.75 Å². The largest absolute Gasteiger partial charge is 0.495 e. The van der Waals surface area contributed by atoms with Crippen LogP contribution in [0.25, 0.3) is 0 Å². The number of hydrogen-bond acceptors (Lipinski definition) is 4. The molecule has 5 nitrogen and oxygen atoms in total. The molecule has 0 saturated carbocycles. The molecular formula is C17H21N3O2. The van der Waals surface area contributed by atoms with E-state index in [0.29, 0.717) is 17.9 Å². The van der Waals surface area contributed by atoms with Gasteiger partial charge in [-0.05, 0) is 30.7 Å². The zero-order chi connectivity index (χ0) is 15.8. The fourth-order valence-electron chi connectivity index (χ4n) is 1.99. The molecule has 22 heavy (non-hydrogen) atoms. The van der Waals surface area contributed by atoms with Crippen molar-refractivity contribution in [3.05, 3.63) is 42.6 Å². The fraction of sp³-hybridized carbons (Fsp3) is 0.294. The van der Waals surface area contributed by atoms with Crippen LogP contribution in [0.15, 0.2) is 42.6 Å². The van der Waals surface area contributed by atoms with Crippen molar-refractivity contribution >= 4 is 23.1 Å². The zero-order valence-electron chi connectivity index (χ0n) is 12.9. The number of nitrogens with zero attached hydrogens (tertiary/aromatic N) is 1. The maximum Gasteiger partial charge on any atom is 0.224 e. The van der Waals surface area contributed by atoms with E-state index in [4.69, 9.17) is 4.74 Å². The summed E-state index contributed by atoms with van der Waals surface area (Å²) in [6, 6.07) is 11.3. The summed E-state index contributed by atoms with van der Waals surface area (Å²) in [4.78, 5) is 16.0. The third-order valence-corrected chi connectivity index (χ3v) is 3.17. The van der Waals surface area contributed by atoms with Crippen molar-refractivity contribution in [2.24, 2.45) is 0 Å². The highest BCUT2D eigenvalue weighted by Gasteiger charge is 2.04. The zero-order valence-corrected chi connectivity index (χ0v) is 12.9. The predicted octanol–water partition coefficient (Wildman–Crippen LogP) is 3.96. The van der Waals surface area contributed by atoms with Crippen LogP contribution in [-0.4, -0.2) is 18.0 Å². The summed E-state index contributed by atoms with van der Waals surface area (Å²) in [7, 11) is 1.63. The second kappa shape index (κ2) is 8.02. The first-order chi connectivity index (χ1) is 10.7. The number of hydrogen-bond donors (Lipinski definition) is 2. The molecule has 5 heteroatoms. The Balaban J connectivity index is 1.98. The molecule has 0 radical (unpaired) electrons. The number of pyridine rings is 1. The van der Waals surface area contributed by atoms with Crippen LogP contribution < -0.4 is 15.4 Å². The first kappa shape index (κ1) is 15.8. The Labute approximate surface area is 130 Å². The third-order valence-electron chi connectivity index (χ3n) is 3.17. The van der Waals surface area contributed by atoms with Gasteiger partial charge in [-0.1, -0.05) is 25.5 Å². The lowest BCUT2D eigenvalue weighted by Crippen LogP contribution is -2.11. The standard InChI is InChI=1S/C17H21N3O2/c1-3-4-9-17(21)19-13-10-11-16(18-12-13)20-14-7-5-6-8-15(14)22-2/h5-8,10-12H,3-4,9H2,1-2H3,(H,18,20)(H,19,21). The quantitative estimate of drug-likeness (QED) is 0.812. The second-order valence-electron chi connectivity index (χ2n) is 4.91. The van der Waals surface area contributed by atoms with Gasteiger partial charge in [0.2, 0.25) is 5.91 Å². The van der Waals surface area contributed by atoms with Crippen molar-refractivity contribution < 1.29 is 9.53 Å². The highest BCUT2D eigenvalue weighted by molar-refractivity contribution is 5.90. The number of rotatable bonds is 7. The first-order valence-corrected chi connectivity index (χ1v) is 7.39. The lowest BCUT2D eigenvalue weighted by atomic mass is 10.2. The van der Waals surface area contributed by atoms with Gasteiger partial charge in [-0.25, -0.2) is 4.98 Å². The Kier molecular flexibility index (Phi) is 5.77. The van der Waals surface area contributed by atoms with Crippen LogP contribution in [-0.2, 0) is 4.79 Å². The van der Waals surface area contributed by atoms with Gasteiger partial charge in [0.25, 0.3) is 0 Å². The molecule has 0 aliphatic heterocycles. The number of para-hydroxylation sites is 2. The molecule has 0 bridgehead atoms. The van der Waals surface area contributed by atoms with Gasteiger partial charge >= 0.3 is 0 Å². The molecule has 0 saturated heterocycles. The van der Waals surface area contributed by atoms with Gasteiger partial charge in [-0.2, -0.15) is 0 Å². The van der Waals surface area contributed by atoms with Crippen molar-refractivity contribution in [2.45, 2.75) is 26.2 Å². The Morgan fingerprint density at radius 2 is 2.05 bits per heavy atom. The van der Waals surface area contributed by atoms with Gasteiger partial charge in [0, 0.05) is 6.42 Å². The number of benzene rings is 1. The molecule has 116 valence electrons. The minimum absolute atomic E-state index is 0.0223. The van der Waals surface area contributed by atoms with Crippen molar-refractivity contribution in [3.8, 4) is 5.75 Å². The van der Waals surface area contributed by atoms with Gasteiger partial charge in [0.05, 0.1) is 24.7 Å². The molecule has 1 aromatic carbocycles. The van der Waals surface area contributed by atoms with E-state index in [1.165, 1.54) is 0 Å². The first-order valence-electron chi connectivity index (χ1n) is 7.39. The van der Waals surface area contributed by atoms with Crippen LogP contribution in [0, 0.1) is 0 Å². The summed E-state index contributed by atoms with van der Waals surface area (Å²) >= 11 is 0. The monoisotopic (exact) mass is 299 g/mol. The topological polar surface area (TPSA) is 63.2 Å². The highest BCUT2D eigenvalue weighted by atomic mass is 16.5. The van der Waals surface area contributed by atoms with E-state index in [2.05, 4.69) is 22.5 Å². The summed E-state index contributed by atoms with van der Waals surface area (Å²) in [6.07, 6.45) is 4.08. The molecule has 0 unspecified atom stereocenters. The average Bonchev–Trinajstić information content (AvgIpc) is 2.55. The maximum absolute atomic E-state index is 11.7. The summed E-state index contributed by atoms with van der Waals surface area (Å²) < 4.78 is 5.28. The van der Waals surface area contributed by atoms with Crippen molar-refractivity contribution in [2.75, 3.05) is 17.7 Å². The highest BCUT2D eigenvalue weighted by Crippen LogP contribution is 2.26. The molecule has 0 spiro atoms. The van der Waals surface area contributed by atoms with Crippen molar-refractivity contribution in [3.63, 3.8) is 0 Å². The lowest BCUT2D eigenvalue weighted by Gasteiger charge is -2.10. The predicted molar refractivity (Wildman–Crippen MR) is 88.7 cm³/mol. The Hall–Kier alpha value is -2.56. The third kappa shape index (κ3) is 4.48. The number of carbonyl (C=O) groups is 1. The van der Waals surface area contributed by atoms with Gasteiger partial charge in [-0.3, -0.25) is 4.79 Å². The normalized spacial score (nSPS) is 10.1. The molecule has 0 atom stereocenters. The average molecular weight is 299 g/mol. The number of aromatic nitrogens is 1. The summed E-state index contributed by atoms with van der Waals surface area (Å²) in [5.41, 5.74) is 1.55. The molecule has 0 aliphatic rings. The van der Waals surface area contributed by atoms with E-state index in [-0.39, 0.29) is 5.91 Å². The molecule has 1 amide bonds. The fourth-order valence-corrected chi connectivity index (χ4v) is 1.99. The van der Waals surface area contributed by atoms with Crippen LogP contribution in [0.2, 0.25) is 0 Å². The van der Waals surface area contributed by atoms with E-state index in [1.807, 2.05) is 36.4 Å². The smallest absolute Gasteiger partial charge is 0.224 e. The molecule has 2 N–H and O–H groups in total. The SMILES string of the molecule is CCCCC(=O)Nc1ccc(Nc2ccccc2OC)nc1. The Bertz CT molecular complexity index is 612. The second-order valence-corrected chi connectivity index (χ2v) is 4.91. The summed E-state index contributed by atoms with van der Waals surface area (Å²) in [6.45, 7) is 2.06. The number of ether oxygens (including phenoxy) is 1.